The predicted molar refractivity (Wildman–Crippen MR) is 62.3 cm³/mol. The molecule has 0 amide bonds. The first-order valence-electron chi connectivity index (χ1n) is 5.68. The van der Waals surface area contributed by atoms with E-state index in [4.69, 9.17) is 4.74 Å². The summed E-state index contributed by atoms with van der Waals surface area (Å²) in [7, 11) is 1.38. The fourth-order valence-corrected chi connectivity index (χ4v) is 2.27. The van der Waals surface area contributed by atoms with Crippen molar-refractivity contribution in [3.8, 4) is 0 Å². The molecule has 0 spiro atoms. The van der Waals surface area contributed by atoms with Gasteiger partial charge in [-0.2, -0.15) is 0 Å². The number of aryl methyl sites for hydroxylation is 1. The number of ether oxygens (including phenoxy) is 1. The Morgan fingerprint density at radius 1 is 1.47 bits per heavy atom. The van der Waals surface area contributed by atoms with Gasteiger partial charge in [-0.25, -0.2) is 4.39 Å². The fraction of sp³-hybridized carbons (Fsp3) is 0.462. The van der Waals surface area contributed by atoms with Gasteiger partial charge in [0.2, 0.25) is 0 Å². The maximum Gasteiger partial charge on any atom is 0.310 e. The summed E-state index contributed by atoms with van der Waals surface area (Å²) in [4.78, 5) is 11.6. The van der Waals surface area contributed by atoms with Gasteiger partial charge in [0.05, 0.1) is 13.0 Å². The van der Waals surface area contributed by atoms with E-state index in [-0.39, 0.29) is 23.6 Å². The Morgan fingerprint density at radius 2 is 2.24 bits per heavy atom. The number of esters is 1. The normalized spacial score (nSPS) is 23.7. The number of rotatable bonds is 2. The van der Waals surface area contributed by atoms with Crippen molar-refractivity contribution < 1.29 is 13.9 Å². The molecule has 0 aromatic heterocycles. The molecule has 2 atom stereocenters. The third-order valence-corrected chi connectivity index (χ3v) is 3.34. The molecule has 1 heterocycles. The van der Waals surface area contributed by atoms with Crippen LogP contribution < -0.4 is 5.32 Å². The topological polar surface area (TPSA) is 38.3 Å². The summed E-state index contributed by atoms with van der Waals surface area (Å²) in [5, 5.41) is 3.15. The Bertz CT molecular complexity index is 433. The maximum atomic E-state index is 13.5. The van der Waals surface area contributed by atoms with Gasteiger partial charge >= 0.3 is 5.97 Å². The van der Waals surface area contributed by atoms with Gasteiger partial charge in [-0.1, -0.05) is 12.1 Å². The standard InChI is InChI=1S/C13H16FNO2/c1-8-3-4-9(5-12(8)14)10-6-15-7-11(10)13(16)17-2/h3-5,10-11,15H,6-7H2,1-2H3/t10-,11+/m0/s1. The van der Waals surface area contributed by atoms with Gasteiger partial charge in [0.25, 0.3) is 0 Å². The van der Waals surface area contributed by atoms with Crippen molar-refractivity contribution in [2.24, 2.45) is 5.92 Å². The lowest BCUT2D eigenvalue weighted by Crippen LogP contribution is -2.23. The predicted octanol–water partition coefficient (Wildman–Crippen LogP) is 1.61. The monoisotopic (exact) mass is 237 g/mol. The van der Waals surface area contributed by atoms with E-state index in [0.717, 1.165) is 5.56 Å². The van der Waals surface area contributed by atoms with Crippen LogP contribution in [0.5, 0.6) is 0 Å². The van der Waals surface area contributed by atoms with Crippen molar-refractivity contribution in [3.63, 3.8) is 0 Å². The summed E-state index contributed by atoms with van der Waals surface area (Å²) in [6.07, 6.45) is 0. The molecule has 92 valence electrons. The average Bonchev–Trinajstić information content (AvgIpc) is 2.80. The first-order valence-corrected chi connectivity index (χ1v) is 5.68. The quantitative estimate of drug-likeness (QED) is 0.794. The van der Waals surface area contributed by atoms with Crippen molar-refractivity contribution in [2.75, 3.05) is 20.2 Å². The van der Waals surface area contributed by atoms with E-state index >= 15 is 0 Å². The molecule has 3 nitrogen and oxygen atoms in total. The molecule has 0 bridgehead atoms. The van der Waals surface area contributed by atoms with Crippen molar-refractivity contribution in [1.82, 2.24) is 5.32 Å². The minimum atomic E-state index is -0.235. The molecule has 1 N–H and O–H groups in total. The summed E-state index contributed by atoms with van der Waals surface area (Å²) < 4.78 is 18.3. The summed E-state index contributed by atoms with van der Waals surface area (Å²) in [5.74, 6) is -0.682. The molecular weight excluding hydrogens is 221 g/mol. The Kier molecular flexibility index (Phi) is 3.43. The minimum Gasteiger partial charge on any atom is -0.469 e. The molecule has 4 heteroatoms. The summed E-state index contributed by atoms with van der Waals surface area (Å²) in [5.41, 5.74) is 1.47. The van der Waals surface area contributed by atoms with Gasteiger partial charge in [0.15, 0.2) is 0 Å². The first-order chi connectivity index (χ1) is 8.13. The van der Waals surface area contributed by atoms with E-state index in [1.165, 1.54) is 13.2 Å². The van der Waals surface area contributed by atoms with Crippen LogP contribution in [0.3, 0.4) is 0 Å². The highest BCUT2D eigenvalue weighted by atomic mass is 19.1. The highest BCUT2D eigenvalue weighted by Gasteiger charge is 2.34. The average molecular weight is 237 g/mol. The summed E-state index contributed by atoms with van der Waals surface area (Å²) >= 11 is 0. The van der Waals surface area contributed by atoms with E-state index in [2.05, 4.69) is 5.32 Å². The van der Waals surface area contributed by atoms with Crippen LogP contribution in [-0.2, 0) is 9.53 Å². The van der Waals surface area contributed by atoms with Crippen LogP contribution in [0.1, 0.15) is 17.0 Å². The van der Waals surface area contributed by atoms with Crippen LogP contribution in [0.2, 0.25) is 0 Å². The van der Waals surface area contributed by atoms with Crippen molar-refractivity contribution in [3.05, 3.63) is 35.1 Å². The molecule has 17 heavy (non-hydrogen) atoms. The molecule has 1 fully saturated rings. The zero-order chi connectivity index (χ0) is 12.4. The van der Waals surface area contributed by atoms with Crippen molar-refractivity contribution >= 4 is 5.97 Å². The van der Waals surface area contributed by atoms with Gasteiger partial charge in [0, 0.05) is 19.0 Å². The number of benzene rings is 1. The number of halogens is 1. The van der Waals surface area contributed by atoms with Crippen LogP contribution >= 0.6 is 0 Å². The van der Waals surface area contributed by atoms with E-state index in [1.54, 1.807) is 13.0 Å². The second kappa shape index (κ2) is 4.84. The second-order valence-corrected chi connectivity index (χ2v) is 4.40. The van der Waals surface area contributed by atoms with Crippen LogP contribution in [0.4, 0.5) is 4.39 Å². The molecule has 0 aliphatic carbocycles. The minimum absolute atomic E-state index is 0.00227. The lowest BCUT2D eigenvalue weighted by Gasteiger charge is -2.17. The van der Waals surface area contributed by atoms with E-state index in [1.807, 2.05) is 6.07 Å². The number of carbonyl (C=O) groups excluding carboxylic acids is 1. The number of hydrogen-bond acceptors (Lipinski definition) is 3. The molecule has 1 aliphatic rings. The maximum absolute atomic E-state index is 13.5. The molecule has 2 rings (SSSR count). The smallest absolute Gasteiger partial charge is 0.310 e. The van der Waals surface area contributed by atoms with Gasteiger partial charge < -0.3 is 10.1 Å². The molecule has 1 aromatic carbocycles. The van der Waals surface area contributed by atoms with Gasteiger partial charge in [0.1, 0.15) is 5.82 Å². The summed E-state index contributed by atoms with van der Waals surface area (Å²) in [6, 6.07) is 5.15. The third kappa shape index (κ3) is 2.31. The van der Waals surface area contributed by atoms with Crippen LogP contribution in [0, 0.1) is 18.7 Å². The summed E-state index contributed by atoms with van der Waals surface area (Å²) in [6.45, 7) is 3.00. The van der Waals surface area contributed by atoms with Crippen LogP contribution in [0.25, 0.3) is 0 Å². The van der Waals surface area contributed by atoms with Gasteiger partial charge in [-0.05, 0) is 24.1 Å². The van der Waals surface area contributed by atoms with E-state index < -0.39 is 0 Å². The molecule has 1 aliphatic heterocycles. The van der Waals surface area contributed by atoms with Crippen molar-refractivity contribution in [1.29, 1.82) is 0 Å². The zero-order valence-corrected chi connectivity index (χ0v) is 10.00. The number of methoxy groups -OCH3 is 1. The Balaban J connectivity index is 2.26. The van der Waals surface area contributed by atoms with E-state index in [0.29, 0.717) is 18.7 Å². The van der Waals surface area contributed by atoms with Crippen LogP contribution in [-0.4, -0.2) is 26.2 Å². The van der Waals surface area contributed by atoms with Gasteiger partial charge in [-0.3, -0.25) is 4.79 Å². The largest absolute Gasteiger partial charge is 0.469 e. The molecular formula is C13H16FNO2. The van der Waals surface area contributed by atoms with Crippen molar-refractivity contribution in [2.45, 2.75) is 12.8 Å². The Morgan fingerprint density at radius 3 is 2.88 bits per heavy atom. The SMILES string of the molecule is COC(=O)[C@@H]1CNC[C@H]1c1ccc(C)c(F)c1. The highest BCUT2D eigenvalue weighted by molar-refractivity contribution is 5.74. The lowest BCUT2D eigenvalue weighted by atomic mass is 9.88. The highest BCUT2D eigenvalue weighted by Crippen LogP contribution is 2.29. The van der Waals surface area contributed by atoms with E-state index in [9.17, 15) is 9.18 Å². The molecule has 1 saturated heterocycles. The fourth-order valence-electron chi connectivity index (χ4n) is 2.27. The van der Waals surface area contributed by atoms with Crippen LogP contribution in [0.15, 0.2) is 18.2 Å². The number of carbonyl (C=O) groups is 1. The Hall–Kier alpha value is -1.42. The van der Waals surface area contributed by atoms with Gasteiger partial charge in [-0.15, -0.1) is 0 Å². The third-order valence-electron chi connectivity index (χ3n) is 3.34. The zero-order valence-electron chi connectivity index (χ0n) is 10.00. The second-order valence-electron chi connectivity index (χ2n) is 4.40. The molecule has 0 saturated carbocycles. The number of nitrogens with one attached hydrogen (secondary N) is 1. The first kappa shape index (κ1) is 12.0. The number of hydrogen-bond donors (Lipinski definition) is 1. The molecule has 1 aromatic rings. The Labute approximate surface area is 100.0 Å². The molecule has 0 radical (unpaired) electrons. The lowest BCUT2D eigenvalue weighted by molar-refractivity contribution is -0.145. The molecule has 0 unspecified atom stereocenters.